The minimum Gasteiger partial charge on any atom is -0.369 e. The van der Waals surface area contributed by atoms with Gasteiger partial charge in [0.1, 0.15) is 17.3 Å². The van der Waals surface area contributed by atoms with Crippen LogP contribution in [-0.2, 0) is 0 Å². The second-order valence-corrected chi connectivity index (χ2v) is 6.01. The number of likely N-dealkylation sites (N-methyl/N-ethyl adjacent to an activating group) is 1. The summed E-state index contributed by atoms with van der Waals surface area (Å²) in [5, 5.41) is 5.95. The van der Waals surface area contributed by atoms with Crippen LogP contribution < -0.4 is 10.6 Å². The minimum absolute atomic E-state index is 0.0543. The van der Waals surface area contributed by atoms with Gasteiger partial charge in [-0.15, -0.1) is 0 Å². The fourth-order valence-corrected chi connectivity index (χ4v) is 2.19. The third kappa shape index (κ3) is 5.65. The third-order valence-corrected chi connectivity index (χ3v) is 3.46. The Morgan fingerprint density at radius 2 is 1.92 bits per heavy atom. The van der Waals surface area contributed by atoms with Crippen molar-refractivity contribution in [3.63, 3.8) is 0 Å². The Kier molecular flexibility index (Phi) is 6.19. The van der Waals surface area contributed by atoms with Crippen LogP contribution in [-0.4, -0.2) is 53.7 Å². The number of carbonyl (C=O) groups excluding carboxylic acids is 2. The van der Waals surface area contributed by atoms with Crippen LogP contribution in [0.1, 0.15) is 33.6 Å². The molecule has 2 N–H and O–H groups in total. The lowest BCUT2D eigenvalue weighted by Crippen LogP contribution is -2.22. The highest BCUT2D eigenvalue weighted by Gasteiger charge is 2.12. The Bertz CT molecular complexity index is 774. The molecule has 1 amide bonds. The summed E-state index contributed by atoms with van der Waals surface area (Å²) in [7, 11) is 3.97. The normalized spacial score (nSPS) is 10.6. The van der Waals surface area contributed by atoms with Crippen LogP contribution in [0, 0.1) is 6.92 Å². The van der Waals surface area contributed by atoms with Gasteiger partial charge in [-0.2, -0.15) is 0 Å². The predicted octanol–water partition coefficient (Wildman–Crippen LogP) is 2.21. The Hall–Kier alpha value is -2.80. The van der Waals surface area contributed by atoms with E-state index in [-0.39, 0.29) is 17.4 Å². The Morgan fingerprint density at radius 3 is 2.60 bits per heavy atom. The van der Waals surface area contributed by atoms with Gasteiger partial charge in [0.25, 0.3) is 5.91 Å². The minimum atomic E-state index is -0.345. The zero-order valence-electron chi connectivity index (χ0n) is 15.0. The quantitative estimate of drug-likeness (QED) is 0.751. The molecule has 0 bridgehead atoms. The van der Waals surface area contributed by atoms with Crippen LogP contribution in [0.4, 0.5) is 11.5 Å². The van der Waals surface area contributed by atoms with Crippen molar-refractivity contribution < 1.29 is 9.59 Å². The Morgan fingerprint density at radius 1 is 1.16 bits per heavy atom. The van der Waals surface area contributed by atoms with Gasteiger partial charge in [-0.05, 0) is 40.1 Å². The number of aryl methyl sites for hydroxylation is 1. The molecule has 2 rings (SSSR count). The lowest BCUT2D eigenvalue weighted by atomic mass is 10.1. The summed E-state index contributed by atoms with van der Waals surface area (Å²) < 4.78 is 0. The Labute approximate surface area is 147 Å². The van der Waals surface area contributed by atoms with Gasteiger partial charge >= 0.3 is 0 Å². The van der Waals surface area contributed by atoms with Crippen molar-refractivity contribution in [1.29, 1.82) is 0 Å². The second-order valence-electron chi connectivity index (χ2n) is 6.01. The molecule has 7 heteroatoms. The van der Waals surface area contributed by atoms with E-state index in [2.05, 4.69) is 25.5 Å². The van der Waals surface area contributed by atoms with E-state index in [4.69, 9.17) is 0 Å². The van der Waals surface area contributed by atoms with Crippen molar-refractivity contribution in [3.05, 3.63) is 47.4 Å². The van der Waals surface area contributed by atoms with E-state index in [0.29, 0.717) is 29.4 Å². The number of carbonyl (C=O) groups is 2. The van der Waals surface area contributed by atoms with Crippen molar-refractivity contribution in [2.75, 3.05) is 37.8 Å². The molecule has 0 spiro atoms. The number of Topliss-reactive ketones (excluding diaryl/α,β-unsaturated/α-hetero) is 1. The van der Waals surface area contributed by atoms with Gasteiger partial charge in [0.15, 0.2) is 5.78 Å². The number of amides is 1. The lowest BCUT2D eigenvalue weighted by Gasteiger charge is -2.12. The van der Waals surface area contributed by atoms with Crippen LogP contribution in [0.3, 0.4) is 0 Å². The van der Waals surface area contributed by atoms with Gasteiger partial charge in [-0.25, -0.2) is 9.97 Å². The van der Waals surface area contributed by atoms with E-state index in [1.807, 2.05) is 14.1 Å². The molecule has 0 aliphatic rings. The number of anilines is 2. The van der Waals surface area contributed by atoms with E-state index in [1.54, 1.807) is 37.3 Å². The highest BCUT2D eigenvalue weighted by molar-refractivity contribution is 6.04. The zero-order valence-corrected chi connectivity index (χ0v) is 15.0. The van der Waals surface area contributed by atoms with E-state index in [0.717, 1.165) is 6.54 Å². The van der Waals surface area contributed by atoms with E-state index in [9.17, 15) is 9.59 Å². The van der Waals surface area contributed by atoms with Crippen molar-refractivity contribution in [1.82, 2.24) is 14.9 Å². The molecule has 1 aromatic heterocycles. The molecule has 0 unspecified atom stereocenters. The standard InChI is InChI=1S/C18H23N5O2/c1-12(24)14-6-5-7-15(10-14)22-18(25)16-11-17(21-13(2)20-16)19-8-9-23(3)4/h5-7,10-11H,8-9H2,1-4H3,(H,22,25)(H,19,20,21). The molecule has 0 aliphatic heterocycles. The summed E-state index contributed by atoms with van der Waals surface area (Å²) in [6, 6.07) is 8.43. The van der Waals surface area contributed by atoms with Crippen LogP contribution >= 0.6 is 0 Å². The smallest absolute Gasteiger partial charge is 0.274 e. The second kappa shape index (κ2) is 8.34. The first-order chi connectivity index (χ1) is 11.8. The average molecular weight is 341 g/mol. The molecule has 0 fully saturated rings. The monoisotopic (exact) mass is 341 g/mol. The third-order valence-electron chi connectivity index (χ3n) is 3.46. The number of hydrogen-bond acceptors (Lipinski definition) is 6. The van der Waals surface area contributed by atoms with Crippen molar-refractivity contribution in [3.8, 4) is 0 Å². The van der Waals surface area contributed by atoms with E-state index in [1.165, 1.54) is 6.92 Å². The first kappa shape index (κ1) is 18.5. The average Bonchev–Trinajstić information content (AvgIpc) is 2.54. The number of rotatable bonds is 7. The molecule has 0 saturated heterocycles. The molecule has 7 nitrogen and oxygen atoms in total. The SMILES string of the molecule is CC(=O)c1cccc(NC(=O)c2cc(NCCN(C)C)nc(C)n2)c1. The van der Waals surface area contributed by atoms with Gasteiger partial charge in [0.05, 0.1) is 0 Å². The highest BCUT2D eigenvalue weighted by Crippen LogP contribution is 2.13. The molecule has 0 aliphatic carbocycles. The fraction of sp³-hybridized carbons (Fsp3) is 0.333. The topological polar surface area (TPSA) is 87.2 Å². The molecular weight excluding hydrogens is 318 g/mol. The maximum Gasteiger partial charge on any atom is 0.274 e. The van der Waals surface area contributed by atoms with Crippen molar-refractivity contribution in [2.24, 2.45) is 0 Å². The summed E-state index contributed by atoms with van der Waals surface area (Å²) in [6.45, 7) is 4.79. The number of nitrogens with one attached hydrogen (secondary N) is 2. The summed E-state index contributed by atoms with van der Waals surface area (Å²) in [5.74, 6) is 0.720. The van der Waals surface area contributed by atoms with Crippen LogP contribution in [0.15, 0.2) is 30.3 Å². The number of ketones is 1. The first-order valence-electron chi connectivity index (χ1n) is 8.02. The molecule has 0 saturated carbocycles. The van der Waals surface area contributed by atoms with E-state index < -0.39 is 0 Å². The maximum absolute atomic E-state index is 12.5. The summed E-state index contributed by atoms with van der Waals surface area (Å²) in [5.41, 5.74) is 1.37. The molecule has 25 heavy (non-hydrogen) atoms. The van der Waals surface area contributed by atoms with Crippen molar-refractivity contribution in [2.45, 2.75) is 13.8 Å². The Balaban J connectivity index is 2.12. The maximum atomic E-state index is 12.5. The molecule has 2 aromatic rings. The molecule has 1 heterocycles. The van der Waals surface area contributed by atoms with Gasteiger partial charge in [0.2, 0.25) is 0 Å². The number of aromatic nitrogens is 2. The van der Waals surface area contributed by atoms with Crippen LogP contribution in [0.2, 0.25) is 0 Å². The molecule has 0 radical (unpaired) electrons. The van der Waals surface area contributed by atoms with Crippen LogP contribution in [0.5, 0.6) is 0 Å². The van der Waals surface area contributed by atoms with Gasteiger partial charge in [-0.3, -0.25) is 9.59 Å². The fourth-order valence-electron chi connectivity index (χ4n) is 2.19. The summed E-state index contributed by atoms with van der Waals surface area (Å²) >= 11 is 0. The van der Waals surface area contributed by atoms with Gasteiger partial charge in [0, 0.05) is 30.4 Å². The number of nitrogens with zero attached hydrogens (tertiary/aromatic N) is 3. The largest absolute Gasteiger partial charge is 0.369 e. The highest BCUT2D eigenvalue weighted by atomic mass is 16.2. The van der Waals surface area contributed by atoms with Crippen molar-refractivity contribution >= 4 is 23.2 Å². The number of hydrogen-bond donors (Lipinski definition) is 2. The predicted molar refractivity (Wildman–Crippen MR) is 98.2 cm³/mol. The molecule has 1 aromatic carbocycles. The molecular formula is C18H23N5O2. The van der Waals surface area contributed by atoms with Crippen LogP contribution in [0.25, 0.3) is 0 Å². The lowest BCUT2D eigenvalue weighted by molar-refractivity contribution is 0.100. The zero-order chi connectivity index (χ0) is 18.4. The number of benzene rings is 1. The van der Waals surface area contributed by atoms with E-state index >= 15 is 0 Å². The molecule has 132 valence electrons. The first-order valence-corrected chi connectivity index (χ1v) is 8.02. The van der Waals surface area contributed by atoms with Gasteiger partial charge in [-0.1, -0.05) is 12.1 Å². The molecule has 0 atom stereocenters. The summed E-state index contributed by atoms with van der Waals surface area (Å²) in [4.78, 5) is 34.4. The summed E-state index contributed by atoms with van der Waals surface area (Å²) in [6.07, 6.45) is 0. The van der Waals surface area contributed by atoms with Gasteiger partial charge < -0.3 is 15.5 Å².